The van der Waals surface area contributed by atoms with Gasteiger partial charge in [-0.3, -0.25) is 14.9 Å². The summed E-state index contributed by atoms with van der Waals surface area (Å²) in [4.78, 5) is 11.4. The molecular weight excluding hydrogens is 246 g/mol. The number of aryl methyl sites for hydroxylation is 2. The maximum absolute atomic E-state index is 4.56. The topological polar surface area (TPSA) is 29.0 Å². The van der Waals surface area contributed by atoms with Gasteiger partial charge in [0.25, 0.3) is 0 Å². The van der Waals surface area contributed by atoms with E-state index in [-0.39, 0.29) is 0 Å². The highest BCUT2D eigenvalue weighted by Gasteiger charge is 2.07. The number of hydrogen-bond acceptors (Lipinski definition) is 3. The van der Waals surface area contributed by atoms with E-state index in [2.05, 4.69) is 45.7 Å². The van der Waals surface area contributed by atoms with E-state index in [1.807, 2.05) is 32.1 Å². The van der Waals surface area contributed by atoms with Gasteiger partial charge >= 0.3 is 0 Å². The number of hydrogen-bond donors (Lipinski definition) is 0. The van der Waals surface area contributed by atoms with Gasteiger partial charge in [0.1, 0.15) is 0 Å². The van der Waals surface area contributed by atoms with E-state index >= 15 is 0 Å². The lowest BCUT2D eigenvalue weighted by atomic mass is 10.2. The number of rotatable bonds is 6. The molecule has 20 heavy (non-hydrogen) atoms. The molecule has 0 atom stereocenters. The van der Waals surface area contributed by atoms with E-state index in [0.717, 1.165) is 42.4 Å². The quantitative estimate of drug-likeness (QED) is 0.752. The molecule has 0 amide bonds. The Kier molecular flexibility index (Phi) is 5.02. The minimum absolute atomic E-state index is 0.809. The molecule has 104 valence electrons. The van der Waals surface area contributed by atoms with Gasteiger partial charge in [0, 0.05) is 31.0 Å². The molecule has 0 aliphatic heterocycles. The first-order valence-electron chi connectivity index (χ1n) is 6.85. The largest absolute Gasteiger partial charge is 0.288 e. The van der Waals surface area contributed by atoms with Crippen LogP contribution in [0.3, 0.4) is 0 Å². The summed E-state index contributed by atoms with van der Waals surface area (Å²) in [6.07, 6.45) is 1.92. The zero-order valence-electron chi connectivity index (χ0n) is 12.2. The van der Waals surface area contributed by atoms with Crippen molar-refractivity contribution in [3.8, 4) is 0 Å². The van der Waals surface area contributed by atoms with Gasteiger partial charge in [-0.15, -0.1) is 6.58 Å². The fourth-order valence-corrected chi connectivity index (χ4v) is 2.20. The summed E-state index contributed by atoms with van der Waals surface area (Å²) in [5.41, 5.74) is 4.27. The molecular formula is C17H21N3. The fraction of sp³-hybridized carbons (Fsp3) is 0.294. The lowest BCUT2D eigenvalue weighted by Gasteiger charge is -2.20. The first-order chi connectivity index (χ1) is 9.67. The lowest BCUT2D eigenvalue weighted by molar-refractivity contribution is 0.279. The van der Waals surface area contributed by atoms with Gasteiger partial charge < -0.3 is 0 Å². The van der Waals surface area contributed by atoms with Crippen LogP contribution in [0.2, 0.25) is 0 Å². The van der Waals surface area contributed by atoms with Crippen molar-refractivity contribution in [3.05, 3.63) is 71.8 Å². The molecule has 2 aromatic heterocycles. The van der Waals surface area contributed by atoms with Gasteiger partial charge in [-0.25, -0.2) is 0 Å². The molecule has 2 heterocycles. The second kappa shape index (κ2) is 6.96. The summed E-state index contributed by atoms with van der Waals surface area (Å²) >= 11 is 0. The van der Waals surface area contributed by atoms with E-state index in [1.54, 1.807) is 0 Å². The first-order valence-corrected chi connectivity index (χ1v) is 6.85. The summed E-state index contributed by atoms with van der Waals surface area (Å²) in [7, 11) is 0. The molecule has 0 radical (unpaired) electrons. The minimum atomic E-state index is 0.809. The molecule has 3 heteroatoms. The maximum atomic E-state index is 4.56. The number of nitrogens with zero attached hydrogens (tertiary/aromatic N) is 3. The third-order valence-corrected chi connectivity index (χ3v) is 3.05. The Balaban J connectivity index is 2.09. The molecule has 0 N–H and O–H groups in total. The van der Waals surface area contributed by atoms with Gasteiger partial charge in [-0.05, 0) is 38.1 Å². The van der Waals surface area contributed by atoms with Crippen molar-refractivity contribution in [3.63, 3.8) is 0 Å². The highest BCUT2D eigenvalue weighted by Crippen LogP contribution is 2.08. The molecule has 0 saturated heterocycles. The van der Waals surface area contributed by atoms with E-state index < -0.39 is 0 Å². The van der Waals surface area contributed by atoms with Crippen LogP contribution in [0.15, 0.2) is 49.1 Å². The average Bonchev–Trinajstić information content (AvgIpc) is 2.39. The Labute approximate surface area is 121 Å². The van der Waals surface area contributed by atoms with Crippen LogP contribution in [-0.2, 0) is 13.1 Å². The number of pyridine rings is 2. The summed E-state index contributed by atoms with van der Waals surface area (Å²) in [5.74, 6) is 0. The Morgan fingerprint density at radius 2 is 1.45 bits per heavy atom. The summed E-state index contributed by atoms with van der Waals surface area (Å²) in [6.45, 7) is 10.3. The predicted octanol–water partition coefficient (Wildman–Crippen LogP) is 3.28. The molecule has 0 unspecified atom stereocenters. The van der Waals surface area contributed by atoms with Crippen LogP contribution >= 0.6 is 0 Å². The van der Waals surface area contributed by atoms with Crippen molar-refractivity contribution in [2.24, 2.45) is 0 Å². The molecule has 0 spiro atoms. The standard InChI is InChI=1S/C17H21N3/c1-4-11-20(12-16-9-5-7-14(2)18-16)13-17-10-6-8-15(3)19-17/h4-10H,1,11-13H2,2-3H3. The third kappa shape index (κ3) is 4.28. The van der Waals surface area contributed by atoms with Crippen LogP contribution in [0.4, 0.5) is 0 Å². The van der Waals surface area contributed by atoms with E-state index in [0.29, 0.717) is 0 Å². The molecule has 0 aliphatic carbocycles. The van der Waals surface area contributed by atoms with Crippen molar-refractivity contribution >= 4 is 0 Å². The van der Waals surface area contributed by atoms with E-state index in [9.17, 15) is 0 Å². The minimum Gasteiger partial charge on any atom is -0.288 e. The zero-order chi connectivity index (χ0) is 14.4. The molecule has 0 aromatic carbocycles. The number of aromatic nitrogens is 2. The molecule has 2 aromatic rings. The Bertz CT molecular complexity index is 530. The van der Waals surface area contributed by atoms with Gasteiger partial charge in [0.15, 0.2) is 0 Å². The fourth-order valence-electron chi connectivity index (χ4n) is 2.20. The van der Waals surface area contributed by atoms with Crippen LogP contribution in [0.25, 0.3) is 0 Å². The van der Waals surface area contributed by atoms with Gasteiger partial charge in [0.2, 0.25) is 0 Å². The van der Waals surface area contributed by atoms with Crippen molar-refractivity contribution in [2.75, 3.05) is 6.54 Å². The highest BCUT2D eigenvalue weighted by molar-refractivity contribution is 5.12. The Morgan fingerprint density at radius 3 is 1.85 bits per heavy atom. The first kappa shape index (κ1) is 14.4. The lowest BCUT2D eigenvalue weighted by Crippen LogP contribution is -2.24. The van der Waals surface area contributed by atoms with E-state index in [4.69, 9.17) is 0 Å². The molecule has 0 bridgehead atoms. The van der Waals surface area contributed by atoms with Gasteiger partial charge in [-0.2, -0.15) is 0 Å². The Morgan fingerprint density at radius 1 is 0.950 bits per heavy atom. The second-order valence-corrected chi connectivity index (χ2v) is 5.00. The van der Waals surface area contributed by atoms with Crippen LogP contribution < -0.4 is 0 Å². The second-order valence-electron chi connectivity index (χ2n) is 5.00. The maximum Gasteiger partial charge on any atom is 0.0547 e. The summed E-state index contributed by atoms with van der Waals surface area (Å²) in [6, 6.07) is 12.3. The summed E-state index contributed by atoms with van der Waals surface area (Å²) in [5, 5.41) is 0. The molecule has 0 aliphatic rings. The Hall–Kier alpha value is -2.00. The van der Waals surface area contributed by atoms with Crippen molar-refractivity contribution < 1.29 is 0 Å². The molecule has 3 nitrogen and oxygen atoms in total. The van der Waals surface area contributed by atoms with Crippen molar-refractivity contribution in [1.29, 1.82) is 0 Å². The van der Waals surface area contributed by atoms with Crippen LogP contribution in [-0.4, -0.2) is 21.4 Å². The summed E-state index contributed by atoms with van der Waals surface area (Å²) < 4.78 is 0. The van der Waals surface area contributed by atoms with Crippen molar-refractivity contribution in [2.45, 2.75) is 26.9 Å². The molecule has 0 fully saturated rings. The smallest absolute Gasteiger partial charge is 0.0547 e. The highest BCUT2D eigenvalue weighted by atomic mass is 15.1. The SMILES string of the molecule is C=CCN(Cc1cccc(C)n1)Cc1cccc(C)n1. The predicted molar refractivity (Wildman–Crippen MR) is 82.3 cm³/mol. The normalized spacial score (nSPS) is 10.8. The van der Waals surface area contributed by atoms with Crippen molar-refractivity contribution in [1.82, 2.24) is 14.9 Å². The average molecular weight is 267 g/mol. The zero-order valence-corrected chi connectivity index (χ0v) is 12.2. The van der Waals surface area contributed by atoms with E-state index in [1.165, 1.54) is 0 Å². The molecule has 2 rings (SSSR count). The monoisotopic (exact) mass is 267 g/mol. The third-order valence-electron chi connectivity index (χ3n) is 3.05. The van der Waals surface area contributed by atoms with Gasteiger partial charge in [0.05, 0.1) is 11.4 Å². The van der Waals surface area contributed by atoms with Crippen LogP contribution in [0, 0.1) is 13.8 Å². The molecule has 0 saturated carbocycles. The van der Waals surface area contributed by atoms with Crippen LogP contribution in [0.5, 0.6) is 0 Å². The van der Waals surface area contributed by atoms with Gasteiger partial charge in [-0.1, -0.05) is 18.2 Å². The van der Waals surface area contributed by atoms with Crippen LogP contribution in [0.1, 0.15) is 22.8 Å².